The predicted octanol–water partition coefficient (Wildman–Crippen LogP) is 1.79. The van der Waals surface area contributed by atoms with Crippen LogP contribution in [-0.2, 0) is 0 Å². The first-order valence-corrected chi connectivity index (χ1v) is 6.60. The molecule has 0 saturated carbocycles. The van der Waals surface area contributed by atoms with Crippen molar-refractivity contribution in [3.05, 3.63) is 41.7 Å². The van der Waals surface area contributed by atoms with Crippen LogP contribution in [0.3, 0.4) is 0 Å². The summed E-state index contributed by atoms with van der Waals surface area (Å²) in [5, 5.41) is 10.0. The number of likely N-dealkylation sites (tertiary alicyclic amines) is 1. The largest absolute Gasteiger partial charge is 0.497 e. The first kappa shape index (κ1) is 12.7. The van der Waals surface area contributed by atoms with Crippen LogP contribution in [0.1, 0.15) is 34.9 Å². The lowest BCUT2D eigenvalue weighted by Gasteiger charge is -2.24. The molecule has 104 valence electrons. The minimum atomic E-state index is -0.0796. The normalized spacial score (nSPS) is 18.2. The second-order valence-electron chi connectivity index (χ2n) is 4.79. The number of nitrogens with one attached hydrogen (secondary N) is 1. The molecule has 2 aromatic rings. The Morgan fingerprint density at radius 1 is 1.50 bits per heavy atom. The number of hydrogen-bond acceptors (Lipinski definition) is 4. The van der Waals surface area contributed by atoms with Gasteiger partial charge in [-0.25, -0.2) is 0 Å². The summed E-state index contributed by atoms with van der Waals surface area (Å²) in [7, 11) is 1.64. The summed E-state index contributed by atoms with van der Waals surface area (Å²) in [4.78, 5) is 14.3. The van der Waals surface area contributed by atoms with Gasteiger partial charge in [-0.3, -0.25) is 4.79 Å². The Bertz CT molecular complexity index is 597. The van der Waals surface area contributed by atoms with Crippen LogP contribution in [0.15, 0.2) is 30.5 Å². The fourth-order valence-corrected chi connectivity index (χ4v) is 2.66. The van der Waals surface area contributed by atoms with Gasteiger partial charge in [0.15, 0.2) is 5.69 Å². The Morgan fingerprint density at radius 3 is 3.15 bits per heavy atom. The van der Waals surface area contributed by atoms with Gasteiger partial charge in [-0.2, -0.15) is 15.4 Å². The number of aromatic nitrogens is 3. The molecule has 0 radical (unpaired) electrons. The predicted molar refractivity (Wildman–Crippen MR) is 72.4 cm³/mol. The lowest BCUT2D eigenvalue weighted by atomic mass is 10.0. The summed E-state index contributed by atoms with van der Waals surface area (Å²) in [6, 6.07) is 7.95. The summed E-state index contributed by atoms with van der Waals surface area (Å²) in [6.45, 7) is 0.744. The molecule has 1 N–H and O–H groups in total. The SMILES string of the molecule is COc1cccc(C2CCCN2C(=O)c2cn[nH]n2)c1. The van der Waals surface area contributed by atoms with Gasteiger partial charge in [0.2, 0.25) is 0 Å². The van der Waals surface area contributed by atoms with Crippen molar-refractivity contribution in [1.29, 1.82) is 0 Å². The standard InChI is InChI=1S/C14H16N4O2/c1-20-11-5-2-4-10(8-11)13-6-3-7-18(13)14(19)12-9-15-17-16-12/h2,4-5,8-9,13H,3,6-7H2,1H3,(H,15,16,17). The molecule has 6 nitrogen and oxygen atoms in total. The minimum Gasteiger partial charge on any atom is -0.497 e. The average molecular weight is 272 g/mol. The van der Waals surface area contributed by atoms with Crippen molar-refractivity contribution < 1.29 is 9.53 Å². The van der Waals surface area contributed by atoms with Crippen LogP contribution in [0, 0.1) is 0 Å². The number of methoxy groups -OCH3 is 1. The lowest BCUT2D eigenvalue weighted by molar-refractivity contribution is 0.0729. The molecule has 1 aliphatic rings. The first-order valence-electron chi connectivity index (χ1n) is 6.60. The van der Waals surface area contributed by atoms with Crippen molar-refractivity contribution in [1.82, 2.24) is 20.3 Å². The molecule has 1 aromatic heterocycles. The fourth-order valence-electron chi connectivity index (χ4n) is 2.66. The third kappa shape index (κ3) is 2.24. The maximum absolute atomic E-state index is 12.4. The van der Waals surface area contributed by atoms with Gasteiger partial charge < -0.3 is 9.64 Å². The van der Waals surface area contributed by atoms with E-state index in [-0.39, 0.29) is 11.9 Å². The molecule has 1 unspecified atom stereocenters. The zero-order valence-corrected chi connectivity index (χ0v) is 11.2. The van der Waals surface area contributed by atoms with Crippen LogP contribution in [0.25, 0.3) is 0 Å². The van der Waals surface area contributed by atoms with Crippen molar-refractivity contribution >= 4 is 5.91 Å². The second-order valence-corrected chi connectivity index (χ2v) is 4.79. The highest BCUT2D eigenvalue weighted by Gasteiger charge is 2.31. The average Bonchev–Trinajstić information content (AvgIpc) is 3.17. The summed E-state index contributed by atoms with van der Waals surface area (Å²) >= 11 is 0. The highest BCUT2D eigenvalue weighted by Crippen LogP contribution is 2.34. The Morgan fingerprint density at radius 2 is 2.40 bits per heavy atom. The molecule has 6 heteroatoms. The van der Waals surface area contributed by atoms with Crippen LogP contribution in [0.2, 0.25) is 0 Å². The van der Waals surface area contributed by atoms with Crippen LogP contribution in [0.4, 0.5) is 0 Å². The molecule has 1 aliphatic heterocycles. The summed E-state index contributed by atoms with van der Waals surface area (Å²) in [5.74, 6) is 0.729. The minimum absolute atomic E-state index is 0.0781. The summed E-state index contributed by atoms with van der Waals surface area (Å²) in [5.41, 5.74) is 1.46. The van der Waals surface area contributed by atoms with E-state index in [0.29, 0.717) is 5.69 Å². The van der Waals surface area contributed by atoms with Crippen molar-refractivity contribution in [2.24, 2.45) is 0 Å². The molecule has 1 amide bonds. The molecule has 1 aromatic carbocycles. The molecular weight excluding hydrogens is 256 g/mol. The fraction of sp³-hybridized carbons (Fsp3) is 0.357. The highest BCUT2D eigenvalue weighted by molar-refractivity contribution is 5.92. The monoisotopic (exact) mass is 272 g/mol. The van der Waals surface area contributed by atoms with Crippen molar-refractivity contribution in [3.8, 4) is 5.75 Å². The van der Waals surface area contributed by atoms with Gasteiger partial charge in [-0.15, -0.1) is 0 Å². The van der Waals surface area contributed by atoms with Gasteiger partial charge >= 0.3 is 0 Å². The Labute approximate surface area is 116 Å². The number of ether oxygens (including phenoxy) is 1. The molecule has 3 rings (SSSR count). The van der Waals surface area contributed by atoms with Gasteiger partial charge in [0.25, 0.3) is 5.91 Å². The molecule has 2 heterocycles. The van der Waals surface area contributed by atoms with Gasteiger partial charge in [0.1, 0.15) is 5.75 Å². The van der Waals surface area contributed by atoms with E-state index in [4.69, 9.17) is 4.74 Å². The number of aromatic amines is 1. The molecule has 1 fully saturated rings. The van der Waals surface area contributed by atoms with Gasteiger partial charge in [-0.1, -0.05) is 12.1 Å². The van der Waals surface area contributed by atoms with Crippen LogP contribution >= 0.6 is 0 Å². The summed E-state index contributed by atoms with van der Waals surface area (Å²) < 4.78 is 5.25. The maximum atomic E-state index is 12.4. The van der Waals surface area contributed by atoms with Crippen molar-refractivity contribution in [2.75, 3.05) is 13.7 Å². The van der Waals surface area contributed by atoms with E-state index in [0.717, 1.165) is 30.7 Å². The van der Waals surface area contributed by atoms with Crippen LogP contribution < -0.4 is 4.74 Å². The Kier molecular flexibility index (Phi) is 3.37. The molecule has 1 atom stereocenters. The highest BCUT2D eigenvalue weighted by atomic mass is 16.5. The zero-order chi connectivity index (χ0) is 13.9. The molecule has 0 aliphatic carbocycles. The second kappa shape index (κ2) is 5.32. The lowest BCUT2D eigenvalue weighted by Crippen LogP contribution is -2.30. The maximum Gasteiger partial charge on any atom is 0.276 e. The molecular formula is C14H16N4O2. The quantitative estimate of drug-likeness (QED) is 0.924. The third-order valence-corrected chi connectivity index (χ3v) is 3.63. The molecule has 20 heavy (non-hydrogen) atoms. The number of carbonyl (C=O) groups is 1. The number of nitrogens with zero attached hydrogens (tertiary/aromatic N) is 3. The zero-order valence-electron chi connectivity index (χ0n) is 11.2. The number of benzene rings is 1. The number of carbonyl (C=O) groups excluding carboxylic acids is 1. The van der Waals surface area contributed by atoms with E-state index < -0.39 is 0 Å². The van der Waals surface area contributed by atoms with Crippen molar-refractivity contribution in [2.45, 2.75) is 18.9 Å². The molecule has 0 spiro atoms. The third-order valence-electron chi connectivity index (χ3n) is 3.63. The van der Waals surface area contributed by atoms with Crippen LogP contribution in [-0.4, -0.2) is 39.9 Å². The number of H-pyrrole nitrogens is 1. The number of amides is 1. The smallest absolute Gasteiger partial charge is 0.276 e. The first-order chi connectivity index (χ1) is 9.79. The van der Waals surface area contributed by atoms with E-state index in [1.54, 1.807) is 7.11 Å². The van der Waals surface area contributed by atoms with E-state index in [2.05, 4.69) is 15.4 Å². The van der Waals surface area contributed by atoms with Crippen molar-refractivity contribution in [3.63, 3.8) is 0 Å². The Balaban J connectivity index is 1.86. The van der Waals surface area contributed by atoms with Crippen LogP contribution in [0.5, 0.6) is 5.75 Å². The topological polar surface area (TPSA) is 71.1 Å². The number of rotatable bonds is 3. The van der Waals surface area contributed by atoms with E-state index in [9.17, 15) is 4.79 Å². The van der Waals surface area contributed by atoms with E-state index >= 15 is 0 Å². The molecule has 1 saturated heterocycles. The van der Waals surface area contributed by atoms with Gasteiger partial charge in [0.05, 0.1) is 19.3 Å². The number of hydrogen-bond donors (Lipinski definition) is 1. The molecule has 0 bridgehead atoms. The summed E-state index contributed by atoms with van der Waals surface area (Å²) in [6.07, 6.45) is 3.41. The Hall–Kier alpha value is -2.37. The van der Waals surface area contributed by atoms with E-state index in [1.165, 1.54) is 6.20 Å². The van der Waals surface area contributed by atoms with E-state index in [1.807, 2.05) is 29.2 Å². The van der Waals surface area contributed by atoms with Gasteiger partial charge in [-0.05, 0) is 30.5 Å². The van der Waals surface area contributed by atoms with Gasteiger partial charge in [0, 0.05) is 6.54 Å².